The summed E-state index contributed by atoms with van der Waals surface area (Å²) in [6, 6.07) is 16.3. The van der Waals surface area contributed by atoms with E-state index < -0.39 is 0 Å². The number of anilines is 1. The van der Waals surface area contributed by atoms with Gasteiger partial charge in [0.05, 0.1) is 10.2 Å². The van der Waals surface area contributed by atoms with Crippen LogP contribution in [0.5, 0.6) is 0 Å². The zero-order valence-corrected chi connectivity index (χ0v) is 18.3. The molecule has 0 bridgehead atoms. The molecule has 1 atom stereocenters. The van der Waals surface area contributed by atoms with E-state index in [9.17, 15) is 4.79 Å². The molecular weight excluding hydrogens is 400 g/mol. The lowest BCUT2D eigenvalue weighted by atomic mass is 9.80. The van der Waals surface area contributed by atoms with Crippen molar-refractivity contribution in [1.82, 2.24) is 14.2 Å². The Bertz CT molecular complexity index is 1310. The first-order valence-electron chi connectivity index (χ1n) is 9.76. The quantitative estimate of drug-likeness (QED) is 0.406. The Hall–Kier alpha value is -2.51. The number of para-hydroxylation sites is 2. The van der Waals surface area contributed by atoms with Gasteiger partial charge in [-0.2, -0.15) is 0 Å². The van der Waals surface area contributed by atoms with Gasteiger partial charge in [-0.15, -0.1) is 5.10 Å². The van der Waals surface area contributed by atoms with Gasteiger partial charge in [0, 0.05) is 11.2 Å². The van der Waals surface area contributed by atoms with Crippen LogP contribution in [-0.2, 0) is 11.3 Å². The summed E-state index contributed by atoms with van der Waals surface area (Å²) in [4.78, 5) is 16.2. The highest BCUT2D eigenvalue weighted by atomic mass is 32.1. The van der Waals surface area contributed by atoms with E-state index in [0.717, 1.165) is 27.3 Å². The molecular formula is C22H22N4OS2. The van der Waals surface area contributed by atoms with E-state index in [-0.39, 0.29) is 18.0 Å². The largest absolute Gasteiger partial charge is 0.305 e. The molecule has 4 aromatic rings. The van der Waals surface area contributed by atoms with Crippen molar-refractivity contribution in [2.75, 3.05) is 4.90 Å². The van der Waals surface area contributed by atoms with Crippen LogP contribution in [0.4, 0.5) is 5.69 Å². The van der Waals surface area contributed by atoms with Crippen LogP contribution in [0.15, 0.2) is 48.5 Å². The van der Waals surface area contributed by atoms with E-state index in [1.54, 1.807) is 16.0 Å². The van der Waals surface area contributed by atoms with Gasteiger partial charge in [0.2, 0.25) is 15.6 Å². The second-order valence-electron chi connectivity index (χ2n) is 8.33. The van der Waals surface area contributed by atoms with E-state index in [0.29, 0.717) is 10.7 Å². The summed E-state index contributed by atoms with van der Waals surface area (Å²) < 4.78 is 5.31. The standard InChI is InChI=1S/C22H22N4OS2/c1-14-12-22(2,3)26(16-9-5-4-8-15(14)16)19(27)13-24-21(28)25-17-10-6-7-11-18(17)29-20(25)23-24/h4-11,14H,12-13H2,1-3H3/t14-/m0/s1. The molecule has 5 nitrogen and oxygen atoms in total. The number of thiazole rings is 1. The summed E-state index contributed by atoms with van der Waals surface area (Å²) in [5, 5.41) is 4.65. The molecule has 1 aliphatic heterocycles. The Balaban J connectivity index is 1.56. The lowest BCUT2D eigenvalue weighted by Crippen LogP contribution is -2.52. The lowest BCUT2D eigenvalue weighted by molar-refractivity contribution is -0.120. The number of aromatic nitrogens is 3. The Kier molecular flexibility index (Phi) is 4.15. The van der Waals surface area contributed by atoms with Gasteiger partial charge < -0.3 is 4.90 Å². The number of carbonyl (C=O) groups excluding carboxylic acids is 1. The third kappa shape index (κ3) is 2.83. The second kappa shape index (κ2) is 6.50. The summed E-state index contributed by atoms with van der Waals surface area (Å²) in [5.41, 5.74) is 2.99. The third-order valence-corrected chi connectivity index (χ3v) is 7.18. The molecule has 1 aliphatic rings. The van der Waals surface area contributed by atoms with Crippen LogP contribution >= 0.6 is 23.6 Å². The summed E-state index contributed by atoms with van der Waals surface area (Å²) in [6.45, 7) is 6.63. The molecule has 0 N–H and O–H groups in total. The number of hydrogen-bond donors (Lipinski definition) is 0. The molecule has 148 valence electrons. The van der Waals surface area contributed by atoms with E-state index in [4.69, 9.17) is 12.2 Å². The minimum Gasteiger partial charge on any atom is -0.305 e. The third-order valence-electron chi connectivity index (χ3n) is 5.77. The first-order chi connectivity index (χ1) is 13.9. The highest BCUT2D eigenvalue weighted by Crippen LogP contribution is 2.43. The summed E-state index contributed by atoms with van der Waals surface area (Å²) in [7, 11) is 0. The van der Waals surface area contributed by atoms with Crippen molar-refractivity contribution in [2.24, 2.45) is 0 Å². The van der Waals surface area contributed by atoms with Crippen LogP contribution in [0, 0.1) is 4.77 Å². The van der Waals surface area contributed by atoms with Crippen LogP contribution in [0.25, 0.3) is 15.2 Å². The number of rotatable bonds is 2. The van der Waals surface area contributed by atoms with Crippen molar-refractivity contribution in [2.45, 2.75) is 45.2 Å². The Morgan fingerprint density at radius 1 is 1.21 bits per heavy atom. The number of nitrogens with zero attached hydrogens (tertiary/aromatic N) is 4. The lowest BCUT2D eigenvalue weighted by Gasteiger charge is -2.46. The average Bonchev–Trinajstić information content (AvgIpc) is 3.17. The molecule has 0 spiro atoms. The highest BCUT2D eigenvalue weighted by Gasteiger charge is 2.39. The highest BCUT2D eigenvalue weighted by molar-refractivity contribution is 7.71. The van der Waals surface area contributed by atoms with E-state index >= 15 is 0 Å². The van der Waals surface area contributed by atoms with Crippen molar-refractivity contribution in [3.05, 3.63) is 58.9 Å². The summed E-state index contributed by atoms with van der Waals surface area (Å²) in [5.74, 6) is 0.428. The zero-order chi connectivity index (χ0) is 20.3. The van der Waals surface area contributed by atoms with Gasteiger partial charge >= 0.3 is 0 Å². The molecule has 29 heavy (non-hydrogen) atoms. The van der Waals surface area contributed by atoms with Gasteiger partial charge in [-0.25, -0.2) is 4.68 Å². The van der Waals surface area contributed by atoms with Crippen LogP contribution < -0.4 is 4.90 Å². The van der Waals surface area contributed by atoms with Gasteiger partial charge in [0.1, 0.15) is 6.54 Å². The van der Waals surface area contributed by atoms with Crippen molar-refractivity contribution < 1.29 is 4.79 Å². The van der Waals surface area contributed by atoms with E-state index in [1.165, 1.54) is 5.56 Å². The normalized spacial score (nSPS) is 18.3. The van der Waals surface area contributed by atoms with Crippen molar-refractivity contribution in [3.63, 3.8) is 0 Å². The number of fused-ring (bicyclic) bond motifs is 4. The molecule has 2 aromatic heterocycles. The molecule has 0 aliphatic carbocycles. The molecule has 0 saturated carbocycles. The molecule has 0 unspecified atom stereocenters. The van der Waals surface area contributed by atoms with Gasteiger partial charge in [0.25, 0.3) is 0 Å². The summed E-state index contributed by atoms with van der Waals surface area (Å²) >= 11 is 7.27. The predicted molar refractivity (Wildman–Crippen MR) is 120 cm³/mol. The molecule has 0 saturated heterocycles. The molecule has 1 amide bonds. The van der Waals surface area contributed by atoms with Crippen molar-refractivity contribution in [3.8, 4) is 0 Å². The molecule has 0 radical (unpaired) electrons. The van der Waals surface area contributed by atoms with E-state index in [1.807, 2.05) is 45.7 Å². The fourth-order valence-corrected chi connectivity index (χ4v) is 6.02. The van der Waals surface area contributed by atoms with E-state index in [2.05, 4.69) is 38.0 Å². The molecule has 5 rings (SSSR count). The predicted octanol–water partition coefficient (Wildman–Crippen LogP) is 5.40. The van der Waals surface area contributed by atoms with Gasteiger partial charge in [-0.3, -0.25) is 9.20 Å². The van der Waals surface area contributed by atoms with Gasteiger partial charge in [-0.05, 0) is 62.2 Å². The second-order valence-corrected chi connectivity index (χ2v) is 9.71. The van der Waals surface area contributed by atoms with Crippen molar-refractivity contribution >= 4 is 50.3 Å². The molecule has 0 fully saturated rings. The van der Waals surface area contributed by atoms with Crippen LogP contribution in [0.1, 0.15) is 38.7 Å². The monoisotopic (exact) mass is 422 g/mol. The maximum absolute atomic E-state index is 13.5. The molecule has 7 heteroatoms. The number of amides is 1. The Labute approximate surface area is 178 Å². The van der Waals surface area contributed by atoms with Gasteiger partial charge in [0.15, 0.2) is 0 Å². The first kappa shape index (κ1) is 18.5. The summed E-state index contributed by atoms with van der Waals surface area (Å²) in [6.07, 6.45) is 0.921. The number of benzene rings is 2. The smallest absolute Gasteiger partial charge is 0.249 e. The minimum atomic E-state index is -0.267. The SMILES string of the molecule is C[C@H]1CC(C)(C)N(C(=O)Cn2nc3sc4ccccc4n3c2=S)c2ccccc21. The number of hydrogen-bond acceptors (Lipinski definition) is 4. The fraction of sp³-hybridized carbons (Fsp3) is 0.318. The van der Waals surface area contributed by atoms with Crippen LogP contribution in [-0.4, -0.2) is 25.6 Å². The molecule has 2 aromatic carbocycles. The minimum absolute atomic E-state index is 0.0144. The van der Waals surface area contributed by atoms with Crippen LogP contribution in [0.2, 0.25) is 0 Å². The Morgan fingerprint density at radius 2 is 1.93 bits per heavy atom. The van der Waals surface area contributed by atoms with Crippen molar-refractivity contribution in [1.29, 1.82) is 0 Å². The maximum Gasteiger partial charge on any atom is 0.249 e. The topological polar surface area (TPSA) is 42.5 Å². The fourth-order valence-electron chi connectivity index (χ4n) is 4.64. The maximum atomic E-state index is 13.5. The number of carbonyl (C=O) groups is 1. The Morgan fingerprint density at radius 3 is 2.76 bits per heavy atom. The average molecular weight is 423 g/mol. The van der Waals surface area contributed by atoms with Gasteiger partial charge in [-0.1, -0.05) is 48.6 Å². The van der Waals surface area contributed by atoms with Crippen LogP contribution in [0.3, 0.4) is 0 Å². The zero-order valence-electron chi connectivity index (χ0n) is 16.6. The molecule has 3 heterocycles. The first-order valence-corrected chi connectivity index (χ1v) is 11.0.